The van der Waals surface area contributed by atoms with Crippen LogP contribution < -0.4 is 0 Å². The third-order valence-electron chi connectivity index (χ3n) is 6.64. The van der Waals surface area contributed by atoms with Crippen LogP contribution in [0.25, 0.3) is 0 Å². The van der Waals surface area contributed by atoms with Crippen molar-refractivity contribution in [1.29, 1.82) is 0 Å². The van der Waals surface area contributed by atoms with Gasteiger partial charge in [-0.05, 0) is 43.4 Å². The van der Waals surface area contributed by atoms with Crippen molar-refractivity contribution < 1.29 is 24.5 Å². The first kappa shape index (κ1) is 18.4. The normalized spacial score (nSPS) is 38.2. The summed E-state index contributed by atoms with van der Waals surface area (Å²) in [5.41, 5.74) is 0.784. The summed E-state index contributed by atoms with van der Waals surface area (Å²) in [5, 5.41) is 21.3. The maximum atomic E-state index is 13.0. The van der Waals surface area contributed by atoms with Crippen LogP contribution in [-0.4, -0.2) is 39.3 Å². The molecule has 27 heavy (non-hydrogen) atoms. The molecule has 1 aliphatic carbocycles. The molecule has 0 aromatic heterocycles. The first-order valence-corrected chi connectivity index (χ1v) is 9.95. The van der Waals surface area contributed by atoms with E-state index in [0.29, 0.717) is 25.8 Å². The van der Waals surface area contributed by atoms with Crippen molar-refractivity contribution in [3.63, 3.8) is 0 Å². The van der Waals surface area contributed by atoms with Gasteiger partial charge in [-0.2, -0.15) is 0 Å². The topological polar surface area (TPSA) is 87.1 Å². The fourth-order valence-electron chi connectivity index (χ4n) is 5.39. The number of likely N-dealkylation sites (tertiary alicyclic amines) is 1. The maximum Gasteiger partial charge on any atom is 0.233 e. The summed E-state index contributed by atoms with van der Waals surface area (Å²) in [4.78, 5) is 27.2. The van der Waals surface area contributed by atoms with Gasteiger partial charge in [-0.25, -0.2) is 0 Å². The minimum absolute atomic E-state index is 0.0897. The lowest BCUT2D eigenvalue weighted by Gasteiger charge is -2.44. The van der Waals surface area contributed by atoms with Crippen molar-refractivity contribution >= 4 is 11.8 Å². The van der Waals surface area contributed by atoms with Crippen LogP contribution in [0.1, 0.15) is 51.2 Å². The molecule has 6 heteroatoms. The summed E-state index contributed by atoms with van der Waals surface area (Å²) >= 11 is 0. The van der Waals surface area contributed by atoms with E-state index < -0.39 is 23.7 Å². The first-order valence-electron chi connectivity index (χ1n) is 9.95. The number of ether oxygens (including phenoxy) is 1. The number of hydrogen-bond acceptors (Lipinski definition) is 5. The Labute approximate surface area is 159 Å². The molecule has 0 bridgehead atoms. The zero-order chi connectivity index (χ0) is 19.3. The summed E-state index contributed by atoms with van der Waals surface area (Å²) in [6.07, 6.45) is 1.95. The smallest absolute Gasteiger partial charge is 0.233 e. The van der Waals surface area contributed by atoms with E-state index >= 15 is 0 Å². The lowest BCUT2D eigenvalue weighted by Crippen LogP contribution is -2.53. The van der Waals surface area contributed by atoms with Gasteiger partial charge in [0, 0.05) is 18.4 Å². The molecule has 1 aromatic carbocycles. The number of hydrogen-bond donors (Lipinski definition) is 2. The molecule has 6 nitrogen and oxygen atoms in total. The first-order chi connectivity index (χ1) is 12.9. The molecule has 2 N–H and O–H groups in total. The third kappa shape index (κ3) is 2.69. The molecule has 0 radical (unpaired) electrons. The van der Waals surface area contributed by atoms with Gasteiger partial charge in [0.25, 0.3) is 0 Å². The number of imide groups is 1. The average molecular weight is 373 g/mol. The van der Waals surface area contributed by atoms with Crippen molar-refractivity contribution in [3.8, 4) is 5.75 Å². The molecule has 6 atom stereocenters. The minimum atomic E-state index is -1.41. The molecule has 2 amide bonds. The molecule has 1 saturated carbocycles. The number of fused-ring (bicyclic) bond motifs is 3. The lowest BCUT2D eigenvalue weighted by atomic mass is 9.64. The van der Waals surface area contributed by atoms with Gasteiger partial charge in [-0.3, -0.25) is 14.5 Å². The number of nitrogens with zero attached hydrogens (tertiary/aromatic N) is 1. The number of carbonyl (C=O) groups excluding carboxylic acids is 2. The second-order valence-corrected chi connectivity index (χ2v) is 8.10. The highest BCUT2D eigenvalue weighted by molar-refractivity contribution is 6.05. The number of amides is 2. The lowest BCUT2D eigenvalue weighted by molar-refractivity contribution is -0.269. The molecule has 3 aliphatic rings. The summed E-state index contributed by atoms with van der Waals surface area (Å²) in [6, 6.07) is 6.82. The van der Waals surface area contributed by atoms with E-state index in [0.717, 1.165) is 12.0 Å². The number of aliphatic hydroxyl groups is 1. The van der Waals surface area contributed by atoms with E-state index in [2.05, 4.69) is 0 Å². The highest BCUT2D eigenvalue weighted by Crippen LogP contribution is 2.58. The van der Waals surface area contributed by atoms with Crippen LogP contribution in [0.15, 0.2) is 24.3 Å². The average Bonchev–Trinajstić information content (AvgIpc) is 3.11. The Morgan fingerprint density at radius 3 is 2.67 bits per heavy atom. The van der Waals surface area contributed by atoms with Crippen LogP contribution in [0.5, 0.6) is 5.75 Å². The van der Waals surface area contributed by atoms with Crippen LogP contribution in [0.3, 0.4) is 0 Å². The Morgan fingerprint density at radius 1 is 1.22 bits per heavy atom. The van der Waals surface area contributed by atoms with Gasteiger partial charge in [0.15, 0.2) is 5.79 Å². The summed E-state index contributed by atoms with van der Waals surface area (Å²) < 4.78 is 6.15. The van der Waals surface area contributed by atoms with E-state index in [1.165, 1.54) is 4.90 Å². The highest BCUT2D eigenvalue weighted by Gasteiger charge is 2.66. The second kappa shape index (κ2) is 6.60. The van der Waals surface area contributed by atoms with E-state index in [1.54, 1.807) is 18.2 Å². The van der Waals surface area contributed by atoms with Gasteiger partial charge in [-0.15, -0.1) is 0 Å². The van der Waals surface area contributed by atoms with E-state index in [9.17, 15) is 19.8 Å². The fraction of sp³-hybridized carbons (Fsp3) is 0.619. The molecular formula is C21H27NO5. The third-order valence-corrected chi connectivity index (χ3v) is 6.64. The highest BCUT2D eigenvalue weighted by atomic mass is 16.6. The number of rotatable bonds is 4. The van der Waals surface area contributed by atoms with Crippen LogP contribution in [-0.2, 0) is 14.3 Å². The molecule has 2 saturated heterocycles. The standard InChI is InChI=1S/C21H27NO5/c1-3-8-22-19(24)15-10-13(4-2)21(26)16(18(15)20(22)25)11-17(27-21)12-6-5-7-14(23)9-12/h5-7,9,13,15-18,23,26H,3-4,8,10-11H2,1-2H3/t13-,15-,16-,17-,18-,21+/m0/s1. The zero-order valence-electron chi connectivity index (χ0n) is 15.8. The SMILES string of the molecule is CCCN1C(=O)[C@H]2[C@H](C[C@H](CC)[C@@]3(O)O[C@H](c4cccc(O)c4)C[C@@H]23)C1=O. The van der Waals surface area contributed by atoms with Crippen molar-refractivity contribution in [1.82, 2.24) is 4.90 Å². The molecule has 146 valence electrons. The molecule has 3 fully saturated rings. The van der Waals surface area contributed by atoms with Crippen LogP contribution in [0, 0.1) is 23.7 Å². The summed E-state index contributed by atoms with van der Waals surface area (Å²) in [7, 11) is 0. The number of phenolic OH excluding ortho intramolecular Hbond substituents is 1. The molecule has 4 rings (SSSR count). The monoisotopic (exact) mass is 373 g/mol. The predicted octanol–water partition coefficient (Wildman–Crippen LogP) is 2.60. The Hall–Kier alpha value is -1.92. The molecule has 2 heterocycles. The second-order valence-electron chi connectivity index (χ2n) is 8.10. The van der Waals surface area contributed by atoms with Crippen LogP contribution in [0.2, 0.25) is 0 Å². The summed E-state index contributed by atoms with van der Waals surface area (Å²) in [6.45, 7) is 4.36. The van der Waals surface area contributed by atoms with Crippen LogP contribution in [0.4, 0.5) is 0 Å². The Morgan fingerprint density at radius 2 is 2.00 bits per heavy atom. The van der Waals surface area contributed by atoms with Crippen LogP contribution >= 0.6 is 0 Å². The minimum Gasteiger partial charge on any atom is -0.508 e. The van der Waals surface area contributed by atoms with Crippen molar-refractivity contribution in [2.75, 3.05) is 6.54 Å². The van der Waals surface area contributed by atoms with Crippen molar-refractivity contribution in [3.05, 3.63) is 29.8 Å². The van der Waals surface area contributed by atoms with E-state index in [4.69, 9.17) is 4.74 Å². The summed E-state index contributed by atoms with van der Waals surface area (Å²) in [5.74, 6) is -2.99. The van der Waals surface area contributed by atoms with Crippen molar-refractivity contribution in [2.45, 2.75) is 51.4 Å². The quantitative estimate of drug-likeness (QED) is 0.792. The number of phenols is 1. The largest absolute Gasteiger partial charge is 0.508 e. The van der Waals surface area contributed by atoms with Gasteiger partial charge in [0.05, 0.1) is 17.9 Å². The molecule has 0 spiro atoms. The fourth-order valence-corrected chi connectivity index (χ4v) is 5.39. The van der Waals surface area contributed by atoms with Crippen molar-refractivity contribution in [2.24, 2.45) is 23.7 Å². The number of aromatic hydroxyl groups is 1. The number of carbonyl (C=O) groups is 2. The van der Waals surface area contributed by atoms with E-state index in [-0.39, 0.29) is 29.4 Å². The van der Waals surface area contributed by atoms with Gasteiger partial charge in [0.2, 0.25) is 11.8 Å². The molecule has 0 unspecified atom stereocenters. The molecule has 1 aromatic rings. The molecule has 2 aliphatic heterocycles. The van der Waals surface area contributed by atoms with Gasteiger partial charge < -0.3 is 14.9 Å². The predicted molar refractivity (Wildman–Crippen MR) is 97.4 cm³/mol. The Bertz CT molecular complexity index is 765. The number of benzene rings is 1. The van der Waals surface area contributed by atoms with E-state index in [1.807, 2.05) is 19.9 Å². The molecular weight excluding hydrogens is 346 g/mol. The zero-order valence-corrected chi connectivity index (χ0v) is 15.8. The van der Waals surface area contributed by atoms with Gasteiger partial charge in [0.1, 0.15) is 5.75 Å². The Balaban J connectivity index is 1.70. The Kier molecular flexibility index (Phi) is 4.51. The van der Waals surface area contributed by atoms with Gasteiger partial charge in [-0.1, -0.05) is 26.0 Å². The van der Waals surface area contributed by atoms with Gasteiger partial charge >= 0.3 is 0 Å². The maximum absolute atomic E-state index is 13.0.